The highest BCUT2D eigenvalue weighted by atomic mass is 32.2. The third-order valence-corrected chi connectivity index (χ3v) is 7.44. The van der Waals surface area contributed by atoms with Crippen molar-refractivity contribution in [3.63, 3.8) is 0 Å². The lowest BCUT2D eigenvalue weighted by Gasteiger charge is -2.34. The van der Waals surface area contributed by atoms with Crippen LogP contribution in [0.3, 0.4) is 0 Å². The number of hydrogen-bond acceptors (Lipinski definition) is 6. The van der Waals surface area contributed by atoms with Crippen molar-refractivity contribution >= 4 is 40.5 Å². The number of rotatable bonds is 6. The summed E-state index contributed by atoms with van der Waals surface area (Å²) in [5, 5.41) is 11.9. The van der Waals surface area contributed by atoms with Crippen LogP contribution in [0.4, 0.5) is 11.4 Å². The summed E-state index contributed by atoms with van der Waals surface area (Å²) in [6, 6.07) is 12.8. The van der Waals surface area contributed by atoms with E-state index in [1.807, 2.05) is 18.2 Å². The fourth-order valence-corrected chi connectivity index (χ4v) is 5.41. The Balaban J connectivity index is 1.53. The summed E-state index contributed by atoms with van der Waals surface area (Å²) >= 11 is 1.37. The second-order valence-corrected chi connectivity index (χ2v) is 9.56. The van der Waals surface area contributed by atoms with Crippen molar-refractivity contribution in [2.75, 3.05) is 44.2 Å². The van der Waals surface area contributed by atoms with Gasteiger partial charge in [0, 0.05) is 62.7 Å². The van der Waals surface area contributed by atoms with Crippen LogP contribution >= 0.6 is 11.8 Å². The number of nitro benzene ring substituents is 1. The molecule has 0 atom stereocenters. The number of nitro groups is 1. The number of nitrogens with zero attached hydrogens (tertiary/aromatic N) is 4. The number of benzene rings is 2. The van der Waals surface area contributed by atoms with E-state index in [0.29, 0.717) is 36.6 Å². The van der Waals surface area contributed by atoms with E-state index in [1.54, 1.807) is 21.9 Å². The Hall–Kier alpha value is -3.33. The quantitative estimate of drug-likeness (QED) is 0.352. The minimum atomic E-state index is -0.409. The molecule has 2 aliphatic heterocycles. The molecule has 2 fully saturated rings. The Morgan fingerprint density at radius 2 is 1.59 bits per heavy atom. The summed E-state index contributed by atoms with van der Waals surface area (Å²) in [4.78, 5) is 43.2. The molecule has 2 amide bonds. The summed E-state index contributed by atoms with van der Waals surface area (Å²) in [6.07, 6.45) is 2.29. The number of para-hydroxylation sites is 1. The summed E-state index contributed by atoms with van der Waals surface area (Å²) in [5.74, 6) is -0.279. The van der Waals surface area contributed by atoms with Crippen molar-refractivity contribution < 1.29 is 14.5 Å². The van der Waals surface area contributed by atoms with Gasteiger partial charge in [-0.2, -0.15) is 0 Å². The first-order chi connectivity index (χ1) is 16.3. The van der Waals surface area contributed by atoms with Crippen molar-refractivity contribution in [3.05, 3.63) is 64.7 Å². The van der Waals surface area contributed by atoms with Crippen LogP contribution in [-0.4, -0.2) is 65.8 Å². The molecule has 0 bridgehead atoms. The van der Waals surface area contributed by atoms with E-state index in [0.717, 1.165) is 36.5 Å². The molecule has 8 nitrogen and oxygen atoms in total. The van der Waals surface area contributed by atoms with E-state index < -0.39 is 4.92 Å². The minimum Gasteiger partial charge on any atom is -0.371 e. The first-order valence-electron chi connectivity index (χ1n) is 11.4. The number of piperazine rings is 1. The standard InChI is InChI=1S/C25H28N4O4S/c1-18(25(31)28-15-13-26(14-16-28)19(2)30)20-9-10-24(22(17-20)29(32)33)34-23-8-4-3-7-21(23)27-11-5-6-12-27/h3-4,7-10,17H,1,5-6,11-16H2,2H3. The molecule has 0 radical (unpaired) electrons. The molecular weight excluding hydrogens is 452 g/mol. The number of anilines is 1. The Bertz CT molecular complexity index is 1120. The number of carbonyl (C=O) groups is 2. The van der Waals surface area contributed by atoms with Crippen LogP contribution in [0.2, 0.25) is 0 Å². The molecule has 34 heavy (non-hydrogen) atoms. The van der Waals surface area contributed by atoms with Crippen LogP contribution in [0, 0.1) is 10.1 Å². The van der Waals surface area contributed by atoms with E-state index in [2.05, 4.69) is 17.5 Å². The maximum atomic E-state index is 13.0. The zero-order valence-corrected chi connectivity index (χ0v) is 20.1. The number of amides is 2. The molecular formula is C25H28N4O4S. The molecule has 0 N–H and O–H groups in total. The van der Waals surface area contributed by atoms with Gasteiger partial charge in [0.15, 0.2) is 0 Å². The summed E-state index contributed by atoms with van der Waals surface area (Å²) in [6.45, 7) is 9.19. The van der Waals surface area contributed by atoms with E-state index in [-0.39, 0.29) is 23.1 Å². The van der Waals surface area contributed by atoms with Gasteiger partial charge in [0.05, 0.1) is 15.5 Å². The Kier molecular flexibility index (Phi) is 7.21. The normalized spacial score (nSPS) is 16.0. The zero-order chi connectivity index (χ0) is 24.2. The average Bonchev–Trinajstić information content (AvgIpc) is 3.38. The Morgan fingerprint density at radius 1 is 0.941 bits per heavy atom. The SMILES string of the molecule is C=C(C(=O)N1CCN(C(C)=O)CC1)c1ccc(Sc2ccccc2N2CCCC2)c([N+](=O)[O-])c1. The molecule has 2 aromatic carbocycles. The van der Waals surface area contributed by atoms with Crippen molar-refractivity contribution in [1.29, 1.82) is 0 Å². The zero-order valence-electron chi connectivity index (χ0n) is 19.2. The lowest BCUT2D eigenvalue weighted by molar-refractivity contribution is -0.387. The second-order valence-electron chi connectivity index (χ2n) is 8.48. The second kappa shape index (κ2) is 10.3. The number of hydrogen-bond donors (Lipinski definition) is 0. The minimum absolute atomic E-state index is 0.0130. The highest BCUT2D eigenvalue weighted by molar-refractivity contribution is 7.99. The topological polar surface area (TPSA) is 87.0 Å². The lowest BCUT2D eigenvalue weighted by Crippen LogP contribution is -2.50. The van der Waals surface area contributed by atoms with Gasteiger partial charge in [-0.25, -0.2) is 0 Å². The molecule has 0 unspecified atom stereocenters. The average molecular weight is 481 g/mol. The van der Waals surface area contributed by atoms with Gasteiger partial charge >= 0.3 is 0 Å². The highest BCUT2D eigenvalue weighted by Gasteiger charge is 2.26. The van der Waals surface area contributed by atoms with E-state index in [4.69, 9.17) is 0 Å². The van der Waals surface area contributed by atoms with Gasteiger partial charge in [-0.15, -0.1) is 0 Å². The van der Waals surface area contributed by atoms with Gasteiger partial charge in [0.25, 0.3) is 11.6 Å². The molecule has 0 aliphatic carbocycles. The van der Waals surface area contributed by atoms with Crippen LogP contribution in [0.25, 0.3) is 5.57 Å². The van der Waals surface area contributed by atoms with Crippen LogP contribution in [0.15, 0.2) is 58.8 Å². The number of carbonyl (C=O) groups excluding carboxylic acids is 2. The van der Waals surface area contributed by atoms with Crippen molar-refractivity contribution in [3.8, 4) is 0 Å². The van der Waals surface area contributed by atoms with Crippen LogP contribution in [-0.2, 0) is 9.59 Å². The van der Waals surface area contributed by atoms with Crippen molar-refractivity contribution in [1.82, 2.24) is 9.80 Å². The third kappa shape index (κ3) is 5.09. The molecule has 9 heteroatoms. The summed E-state index contributed by atoms with van der Waals surface area (Å²) in [5.41, 5.74) is 1.69. The predicted octanol–water partition coefficient (Wildman–Crippen LogP) is 4.05. The molecule has 0 spiro atoms. The lowest BCUT2D eigenvalue weighted by atomic mass is 10.1. The maximum Gasteiger partial charge on any atom is 0.283 e. The largest absolute Gasteiger partial charge is 0.371 e. The van der Waals surface area contributed by atoms with Crippen LogP contribution < -0.4 is 4.90 Å². The third-order valence-electron chi connectivity index (χ3n) is 6.31. The smallest absolute Gasteiger partial charge is 0.283 e. The Morgan fingerprint density at radius 3 is 2.24 bits per heavy atom. The molecule has 2 heterocycles. The molecule has 2 saturated heterocycles. The highest BCUT2D eigenvalue weighted by Crippen LogP contribution is 2.41. The van der Waals surface area contributed by atoms with Gasteiger partial charge in [-0.05, 0) is 36.6 Å². The van der Waals surface area contributed by atoms with Crippen LogP contribution in [0.1, 0.15) is 25.3 Å². The van der Waals surface area contributed by atoms with Gasteiger partial charge in [-0.1, -0.05) is 36.5 Å². The maximum absolute atomic E-state index is 13.0. The predicted molar refractivity (Wildman–Crippen MR) is 133 cm³/mol. The van der Waals surface area contributed by atoms with E-state index in [9.17, 15) is 19.7 Å². The van der Waals surface area contributed by atoms with Gasteiger partial charge in [0.1, 0.15) is 0 Å². The molecule has 2 aliphatic rings. The monoisotopic (exact) mass is 480 g/mol. The van der Waals surface area contributed by atoms with E-state index in [1.165, 1.54) is 24.8 Å². The van der Waals surface area contributed by atoms with Gasteiger partial charge in [-0.3, -0.25) is 19.7 Å². The van der Waals surface area contributed by atoms with E-state index >= 15 is 0 Å². The molecule has 0 aromatic heterocycles. The fourth-order valence-electron chi connectivity index (χ4n) is 4.35. The van der Waals surface area contributed by atoms with Crippen molar-refractivity contribution in [2.24, 2.45) is 0 Å². The summed E-state index contributed by atoms with van der Waals surface area (Å²) in [7, 11) is 0. The first-order valence-corrected chi connectivity index (χ1v) is 12.2. The van der Waals surface area contributed by atoms with Crippen LogP contribution in [0.5, 0.6) is 0 Å². The Labute approximate surface area is 203 Å². The summed E-state index contributed by atoms with van der Waals surface area (Å²) < 4.78 is 0. The van der Waals surface area contributed by atoms with Crippen molar-refractivity contribution in [2.45, 2.75) is 29.6 Å². The molecule has 0 saturated carbocycles. The van der Waals surface area contributed by atoms with Gasteiger partial charge in [0.2, 0.25) is 5.91 Å². The fraction of sp³-hybridized carbons (Fsp3) is 0.360. The van der Waals surface area contributed by atoms with Gasteiger partial charge < -0.3 is 14.7 Å². The first kappa shape index (κ1) is 23.8. The molecule has 4 rings (SSSR count). The molecule has 2 aromatic rings. The molecule has 178 valence electrons.